The van der Waals surface area contributed by atoms with Crippen LogP contribution in [0.25, 0.3) is 0 Å². The van der Waals surface area contributed by atoms with Crippen LogP contribution in [0.5, 0.6) is 0 Å². The minimum Gasteiger partial charge on any atom is -0.349 e. The van der Waals surface area contributed by atoms with Crippen LogP contribution in [0.1, 0.15) is 48.4 Å². The largest absolute Gasteiger partial charge is 0.349 e. The first-order chi connectivity index (χ1) is 14.2. The molecule has 6 nitrogen and oxygen atoms in total. The van der Waals surface area contributed by atoms with Gasteiger partial charge in [-0.15, -0.1) is 5.10 Å². The van der Waals surface area contributed by atoms with Crippen molar-refractivity contribution in [2.45, 2.75) is 39.3 Å². The fraction of sp³-hybridized carbons (Fsp3) is 0.273. The van der Waals surface area contributed by atoms with Gasteiger partial charge in [-0.2, -0.15) is 0 Å². The number of nitrogens with zero attached hydrogens (tertiary/aromatic N) is 3. The summed E-state index contributed by atoms with van der Waals surface area (Å²) < 4.78 is 3.82. The van der Waals surface area contributed by atoms with E-state index in [9.17, 15) is 9.59 Å². The van der Waals surface area contributed by atoms with Gasteiger partial charge in [0.05, 0.1) is 0 Å². The molecule has 156 valence electrons. The average Bonchev–Trinajstić information content (AvgIpc) is 3.21. The van der Waals surface area contributed by atoms with Crippen LogP contribution in [0.4, 0.5) is 5.69 Å². The molecule has 0 radical (unpaired) electrons. The van der Waals surface area contributed by atoms with Crippen molar-refractivity contribution in [1.29, 1.82) is 0 Å². The van der Waals surface area contributed by atoms with E-state index >= 15 is 0 Å². The summed E-state index contributed by atoms with van der Waals surface area (Å²) in [7, 11) is 0. The molecule has 3 rings (SSSR count). The van der Waals surface area contributed by atoms with Gasteiger partial charge < -0.3 is 5.32 Å². The number of aromatic nitrogens is 2. The van der Waals surface area contributed by atoms with Crippen molar-refractivity contribution >= 4 is 40.6 Å². The van der Waals surface area contributed by atoms with E-state index in [1.165, 1.54) is 4.90 Å². The predicted octanol–water partition coefficient (Wildman–Crippen LogP) is 4.80. The highest BCUT2D eigenvalue weighted by atomic mass is 35.5. The first-order valence-corrected chi connectivity index (χ1v) is 10.6. The summed E-state index contributed by atoms with van der Waals surface area (Å²) in [5.41, 5.74) is 1.83. The molecule has 0 saturated heterocycles. The number of amides is 2. The van der Waals surface area contributed by atoms with E-state index < -0.39 is 17.5 Å². The number of nitrogens with one attached hydrogen (secondary N) is 1. The van der Waals surface area contributed by atoms with Crippen LogP contribution in [0, 0.1) is 6.92 Å². The Bertz CT molecular complexity index is 1030. The Kier molecular flexibility index (Phi) is 6.53. The maximum absolute atomic E-state index is 13.5. The second kappa shape index (κ2) is 8.93. The Morgan fingerprint density at radius 2 is 1.77 bits per heavy atom. The van der Waals surface area contributed by atoms with Crippen molar-refractivity contribution in [1.82, 2.24) is 14.9 Å². The monoisotopic (exact) mass is 442 g/mol. The van der Waals surface area contributed by atoms with Crippen molar-refractivity contribution in [3.63, 3.8) is 0 Å². The molecular weight excluding hydrogens is 420 g/mol. The zero-order valence-electron chi connectivity index (χ0n) is 17.2. The molecule has 0 saturated carbocycles. The van der Waals surface area contributed by atoms with E-state index in [1.54, 1.807) is 29.6 Å². The van der Waals surface area contributed by atoms with Crippen molar-refractivity contribution in [3.05, 3.63) is 75.8 Å². The highest BCUT2D eigenvalue weighted by Crippen LogP contribution is 2.32. The van der Waals surface area contributed by atoms with Crippen LogP contribution in [-0.4, -0.2) is 26.9 Å². The van der Waals surface area contributed by atoms with Crippen LogP contribution < -0.4 is 10.2 Å². The molecule has 2 amide bonds. The molecule has 1 atom stereocenters. The summed E-state index contributed by atoms with van der Waals surface area (Å²) in [6.07, 6.45) is 0. The second-order valence-electron chi connectivity index (χ2n) is 7.95. The minimum atomic E-state index is -0.920. The molecule has 1 aromatic heterocycles. The van der Waals surface area contributed by atoms with Gasteiger partial charge in [-0.3, -0.25) is 14.5 Å². The third kappa shape index (κ3) is 5.04. The summed E-state index contributed by atoms with van der Waals surface area (Å²) in [6, 6.07) is 13.5. The number of anilines is 1. The Balaban J connectivity index is 2.19. The van der Waals surface area contributed by atoms with Gasteiger partial charge in [0.25, 0.3) is 5.91 Å². The summed E-state index contributed by atoms with van der Waals surface area (Å²) in [5.74, 6) is -0.702. The predicted molar refractivity (Wildman–Crippen MR) is 120 cm³/mol. The van der Waals surface area contributed by atoms with Crippen molar-refractivity contribution in [2.75, 3.05) is 4.90 Å². The Morgan fingerprint density at radius 3 is 2.33 bits per heavy atom. The number of hydrogen-bond donors (Lipinski definition) is 1. The van der Waals surface area contributed by atoms with Gasteiger partial charge in [-0.05, 0) is 68.6 Å². The maximum atomic E-state index is 13.5. The van der Waals surface area contributed by atoms with E-state index in [-0.39, 0.29) is 11.6 Å². The smallest absolute Gasteiger partial charge is 0.280 e. The number of para-hydroxylation sites is 1. The Labute approximate surface area is 185 Å². The first kappa shape index (κ1) is 21.9. The third-order valence-electron chi connectivity index (χ3n) is 4.36. The zero-order chi connectivity index (χ0) is 21.9. The van der Waals surface area contributed by atoms with Crippen LogP contribution in [0.2, 0.25) is 5.02 Å². The minimum absolute atomic E-state index is 0.186. The fourth-order valence-electron chi connectivity index (χ4n) is 3.08. The topological polar surface area (TPSA) is 75.2 Å². The molecular formula is C22H23ClN4O2S. The van der Waals surface area contributed by atoms with Crippen LogP contribution in [-0.2, 0) is 4.79 Å². The molecule has 8 heteroatoms. The van der Waals surface area contributed by atoms with Gasteiger partial charge in [0, 0.05) is 21.6 Å². The molecule has 0 bridgehead atoms. The lowest BCUT2D eigenvalue weighted by molar-refractivity contribution is -0.123. The molecule has 1 unspecified atom stereocenters. The quantitative estimate of drug-likeness (QED) is 0.615. The Hall–Kier alpha value is -2.77. The second-order valence-corrected chi connectivity index (χ2v) is 8.99. The number of hydrogen-bond acceptors (Lipinski definition) is 5. The maximum Gasteiger partial charge on any atom is 0.280 e. The van der Waals surface area contributed by atoms with Crippen molar-refractivity contribution in [3.8, 4) is 0 Å². The van der Waals surface area contributed by atoms with Gasteiger partial charge in [0.15, 0.2) is 5.69 Å². The van der Waals surface area contributed by atoms with E-state index in [2.05, 4.69) is 14.9 Å². The molecule has 0 aliphatic carbocycles. The normalized spacial score (nSPS) is 12.3. The van der Waals surface area contributed by atoms with Crippen LogP contribution >= 0.6 is 23.1 Å². The lowest BCUT2D eigenvalue weighted by Gasteiger charge is -2.34. The Morgan fingerprint density at radius 1 is 1.10 bits per heavy atom. The highest BCUT2D eigenvalue weighted by Gasteiger charge is 2.36. The third-order valence-corrected chi connectivity index (χ3v) is 5.12. The van der Waals surface area contributed by atoms with Crippen LogP contribution in [0.3, 0.4) is 0 Å². The number of benzene rings is 2. The average molecular weight is 443 g/mol. The molecule has 3 aromatic rings. The van der Waals surface area contributed by atoms with Gasteiger partial charge in [-0.25, -0.2) is 0 Å². The van der Waals surface area contributed by atoms with Gasteiger partial charge in [0.2, 0.25) is 5.91 Å². The van der Waals surface area contributed by atoms with Crippen molar-refractivity contribution in [2.24, 2.45) is 0 Å². The van der Waals surface area contributed by atoms with E-state index in [0.29, 0.717) is 16.3 Å². The van der Waals surface area contributed by atoms with Crippen LogP contribution in [0.15, 0.2) is 53.9 Å². The standard InChI is InChI=1S/C22H23ClN4O2S/c1-14-7-5-6-8-18(14)27(21(29)17-13-30-26-25-17)19(20(28)24-22(2,3)4)15-9-11-16(23)12-10-15/h5-13,19H,1-4H3,(H,24,28). The molecule has 0 spiro atoms. The number of carbonyl (C=O) groups is 2. The highest BCUT2D eigenvalue weighted by molar-refractivity contribution is 7.03. The van der Waals surface area contributed by atoms with E-state index in [1.807, 2.05) is 52.0 Å². The van der Waals surface area contributed by atoms with Gasteiger partial charge in [0.1, 0.15) is 6.04 Å². The summed E-state index contributed by atoms with van der Waals surface area (Å²) in [5, 5.41) is 9.07. The number of carbonyl (C=O) groups excluding carboxylic acids is 2. The molecule has 1 heterocycles. The molecule has 0 aliphatic heterocycles. The fourth-order valence-corrected chi connectivity index (χ4v) is 3.64. The zero-order valence-corrected chi connectivity index (χ0v) is 18.8. The van der Waals surface area contributed by atoms with Crippen molar-refractivity contribution < 1.29 is 9.59 Å². The van der Waals surface area contributed by atoms with E-state index in [0.717, 1.165) is 17.1 Å². The molecule has 0 fully saturated rings. The summed E-state index contributed by atoms with van der Waals surface area (Å²) in [4.78, 5) is 28.5. The summed E-state index contributed by atoms with van der Waals surface area (Å²) in [6.45, 7) is 7.59. The number of halogens is 1. The lowest BCUT2D eigenvalue weighted by atomic mass is 9.99. The SMILES string of the molecule is Cc1ccccc1N(C(=O)c1csnn1)C(C(=O)NC(C)(C)C)c1ccc(Cl)cc1. The number of rotatable bonds is 5. The summed E-state index contributed by atoms with van der Waals surface area (Å²) >= 11 is 7.16. The molecule has 2 aromatic carbocycles. The van der Waals surface area contributed by atoms with E-state index in [4.69, 9.17) is 11.6 Å². The first-order valence-electron chi connectivity index (χ1n) is 9.41. The molecule has 1 N–H and O–H groups in total. The van der Waals surface area contributed by atoms with Gasteiger partial charge >= 0.3 is 0 Å². The van der Waals surface area contributed by atoms with Gasteiger partial charge in [-0.1, -0.05) is 46.4 Å². The molecule has 30 heavy (non-hydrogen) atoms. The molecule has 0 aliphatic rings. The lowest BCUT2D eigenvalue weighted by Crippen LogP contribution is -2.49. The number of aryl methyl sites for hydroxylation is 1.